The first-order valence-corrected chi connectivity index (χ1v) is 6.44. The molecule has 2 heteroatoms. The number of nitrogens with two attached hydrogens (primary N) is 1. The van der Waals surface area contributed by atoms with E-state index in [1.807, 2.05) is 0 Å². The standard InChI is InChI=1S/C13H29NO/c1-4-5-6-7-8-9-13(10-14,11-15)12(2)3/h12,15H,4-11,14H2,1-3H3. The summed E-state index contributed by atoms with van der Waals surface area (Å²) in [5, 5.41) is 9.47. The molecule has 2 nitrogen and oxygen atoms in total. The number of aliphatic hydroxyl groups is 1. The zero-order valence-corrected chi connectivity index (χ0v) is 10.8. The predicted molar refractivity (Wildman–Crippen MR) is 66.8 cm³/mol. The van der Waals surface area contributed by atoms with Gasteiger partial charge in [0.2, 0.25) is 0 Å². The van der Waals surface area contributed by atoms with E-state index in [2.05, 4.69) is 20.8 Å². The van der Waals surface area contributed by atoms with Gasteiger partial charge in [-0.25, -0.2) is 0 Å². The van der Waals surface area contributed by atoms with Crippen molar-refractivity contribution in [2.45, 2.75) is 59.3 Å². The number of rotatable bonds is 9. The Kier molecular flexibility index (Phi) is 8.07. The fourth-order valence-corrected chi connectivity index (χ4v) is 2.03. The van der Waals surface area contributed by atoms with Crippen LogP contribution in [0.5, 0.6) is 0 Å². The van der Waals surface area contributed by atoms with Gasteiger partial charge in [-0.15, -0.1) is 0 Å². The summed E-state index contributed by atoms with van der Waals surface area (Å²) in [6.45, 7) is 7.39. The van der Waals surface area contributed by atoms with Crippen LogP contribution in [0.3, 0.4) is 0 Å². The highest BCUT2D eigenvalue weighted by Gasteiger charge is 2.30. The molecule has 0 saturated carbocycles. The molecule has 92 valence electrons. The number of hydrogen-bond acceptors (Lipinski definition) is 2. The smallest absolute Gasteiger partial charge is 0.0501 e. The summed E-state index contributed by atoms with van der Waals surface area (Å²) in [5.41, 5.74) is 5.76. The maximum atomic E-state index is 9.47. The van der Waals surface area contributed by atoms with Gasteiger partial charge < -0.3 is 10.8 Å². The predicted octanol–water partition coefficient (Wildman–Crippen LogP) is 2.94. The second kappa shape index (κ2) is 8.12. The lowest BCUT2D eigenvalue weighted by Gasteiger charge is -2.34. The van der Waals surface area contributed by atoms with E-state index in [4.69, 9.17) is 5.73 Å². The molecule has 1 unspecified atom stereocenters. The molecule has 0 radical (unpaired) electrons. The quantitative estimate of drug-likeness (QED) is 0.581. The van der Waals surface area contributed by atoms with Gasteiger partial charge in [-0.1, -0.05) is 52.9 Å². The van der Waals surface area contributed by atoms with E-state index in [9.17, 15) is 5.11 Å². The Morgan fingerprint density at radius 3 is 2.13 bits per heavy atom. The van der Waals surface area contributed by atoms with Crippen LogP contribution in [-0.2, 0) is 0 Å². The maximum Gasteiger partial charge on any atom is 0.0501 e. The van der Waals surface area contributed by atoms with E-state index in [0.29, 0.717) is 12.5 Å². The van der Waals surface area contributed by atoms with Crippen LogP contribution in [0.4, 0.5) is 0 Å². The van der Waals surface area contributed by atoms with Crippen molar-refractivity contribution in [3.63, 3.8) is 0 Å². The molecule has 0 rings (SSSR count). The van der Waals surface area contributed by atoms with Gasteiger partial charge in [0.25, 0.3) is 0 Å². The fraction of sp³-hybridized carbons (Fsp3) is 1.00. The zero-order valence-electron chi connectivity index (χ0n) is 10.8. The van der Waals surface area contributed by atoms with Crippen molar-refractivity contribution in [1.29, 1.82) is 0 Å². The van der Waals surface area contributed by atoms with Crippen LogP contribution in [0.1, 0.15) is 59.3 Å². The average molecular weight is 215 g/mol. The Hall–Kier alpha value is -0.0800. The number of hydrogen-bond donors (Lipinski definition) is 2. The Morgan fingerprint density at radius 2 is 1.73 bits per heavy atom. The van der Waals surface area contributed by atoms with Crippen LogP contribution >= 0.6 is 0 Å². The van der Waals surface area contributed by atoms with Gasteiger partial charge in [-0.2, -0.15) is 0 Å². The van der Waals surface area contributed by atoms with Crippen molar-refractivity contribution in [3.05, 3.63) is 0 Å². The summed E-state index contributed by atoms with van der Waals surface area (Å²) in [6, 6.07) is 0. The molecule has 0 aliphatic heterocycles. The molecule has 0 aliphatic rings. The Balaban J connectivity index is 3.86. The van der Waals surface area contributed by atoms with Crippen LogP contribution in [0, 0.1) is 11.3 Å². The minimum Gasteiger partial charge on any atom is -0.396 e. The highest BCUT2D eigenvalue weighted by molar-refractivity contribution is 4.82. The Morgan fingerprint density at radius 1 is 1.13 bits per heavy atom. The summed E-state index contributed by atoms with van der Waals surface area (Å²) >= 11 is 0. The minimum absolute atomic E-state index is 0.0355. The zero-order chi connectivity index (χ0) is 11.7. The van der Waals surface area contributed by atoms with Crippen molar-refractivity contribution in [3.8, 4) is 0 Å². The normalized spacial score (nSPS) is 15.6. The van der Waals surface area contributed by atoms with E-state index < -0.39 is 0 Å². The monoisotopic (exact) mass is 215 g/mol. The molecule has 0 saturated heterocycles. The largest absolute Gasteiger partial charge is 0.396 e. The number of aliphatic hydroxyl groups excluding tert-OH is 1. The van der Waals surface area contributed by atoms with Crippen molar-refractivity contribution in [1.82, 2.24) is 0 Å². The third-order valence-electron chi connectivity index (χ3n) is 3.72. The molecule has 0 heterocycles. The van der Waals surface area contributed by atoms with Crippen LogP contribution < -0.4 is 5.73 Å². The van der Waals surface area contributed by atoms with Gasteiger partial charge >= 0.3 is 0 Å². The number of unbranched alkanes of at least 4 members (excludes halogenated alkanes) is 4. The molecule has 0 aromatic carbocycles. The first kappa shape index (κ1) is 14.9. The molecule has 0 spiro atoms. The average Bonchev–Trinajstić information content (AvgIpc) is 2.23. The lowest BCUT2D eigenvalue weighted by molar-refractivity contribution is 0.0722. The molecule has 0 amide bonds. The summed E-state index contributed by atoms with van der Waals surface area (Å²) in [6.07, 6.45) is 7.49. The van der Waals surface area contributed by atoms with Crippen molar-refractivity contribution < 1.29 is 5.11 Å². The van der Waals surface area contributed by atoms with Gasteiger partial charge in [0.15, 0.2) is 0 Å². The van der Waals surface area contributed by atoms with Crippen LogP contribution in [-0.4, -0.2) is 18.3 Å². The fourth-order valence-electron chi connectivity index (χ4n) is 2.03. The van der Waals surface area contributed by atoms with Gasteiger partial charge in [0.1, 0.15) is 0 Å². The van der Waals surface area contributed by atoms with Crippen molar-refractivity contribution in [2.75, 3.05) is 13.2 Å². The van der Waals surface area contributed by atoms with Crippen LogP contribution in [0.25, 0.3) is 0 Å². The topological polar surface area (TPSA) is 46.2 Å². The molecule has 0 bridgehead atoms. The maximum absolute atomic E-state index is 9.47. The molecule has 0 aromatic heterocycles. The summed E-state index contributed by atoms with van der Waals surface area (Å²) in [4.78, 5) is 0. The van der Waals surface area contributed by atoms with E-state index in [1.54, 1.807) is 0 Å². The van der Waals surface area contributed by atoms with E-state index in [1.165, 1.54) is 32.1 Å². The van der Waals surface area contributed by atoms with E-state index in [0.717, 1.165) is 6.42 Å². The lowest BCUT2D eigenvalue weighted by Crippen LogP contribution is -2.39. The summed E-state index contributed by atoms with van der Waals surface area (Å²) in [5.74, 6) is 0.471. The van der Waals surface area contributed by atoms with E-state index in [-0.39, 0.29) is 12.0 Å². The second-order valence-corrected chi connectivity index (χ2v) is 5.04. The van der Waals surface area contributed by atoms with Crippen LogP contribution in [0.15, 0.2) is 0 Å². The van der Waals surface area contributed by atoms with Gasteiger partial charge in [0, 0.05) is 12.0 Å². The Bertz CT molecular complexity index is 141. The minimum atomic E-state index is -0.0355. The SMILES string of the molecule is CCCCCCCC(CN)(CO)C(C)C. The third kappa shape index (κ3) is 4.98. The molecule has 15 heavy (non-hydrogen) atoms. The summed E-state index contributed by atoms with van der Waals surface area (Å²) < 4.78 is 0. The molecule has 0 aliphatic carbocycles. The third-order valence-corrected chi connectivity index (χ3v) is 3.72. The van der Waals surface area contributed by atoms with Gasteiger partial charge in [0.05, 0.1) is 6.61 Å². The highest BCUT2D eigenvalue weighted by atomic mass is 16.3. The lowest BCUT2D eigenvalue weighted by atomic mass is 9.74. The first-order chi connectivity index (χ1) is 7.13. The molecule has 0 fully saturated rings. The van der Waals surface area contributed by atoms with Crippen molar-refractivity contribution in [2.24, 2.45) is 17.1 Å². The molecule has 3 N–H and O–H groups in total. The first-order valence-electron chi connectivity index (χ1n) is 6.44. The van der Waals surface area contributed by atoms with Gasteiger partial charge in [-0.3, -0.25) is 0 Å². The van der Waals surface area contributed by atoms with Gasteiger partial charge in [-0.05, 0) is 12.3 Å². The Labute approximate surface area is 95.3 Å². The highest BCUT2D eigenvalue weighted by Crippen LogP contribution is 2.32. The molecular weight excluding hydrogens is 186 g/mol. The van der Waals surface area contributed by atoms with E-state index >= 15 is 0 Å². The second-order valence-electron chi connectivity index (χ2n) is 5.04. The molecular formula is C13H29NO. The summed E-state index contributed by atoms with van der Waals surface area (Å²) in [7, 11) is 0. The molecule has 0 aromatic rings. The van der Waals surface area contributed by atoms with Crippen molar-refractivity contribution >= 4 is 0 Å². The molecule has 1 atom stereocenters. The van der Waals surface area contributed by atoms with Crippen LogP contribution in [0.2, 0.25) is 0 Å².